The number of ether oxygens (including phenoxy) is 1. The third kappa shape index (κ3) is 4.35. The Hall–Kier alpha value is -0.490. The lowest BCUT2D eigenvalue weighted by Crippen LogP contribution is -2.31. The van der Waals surface area contributed by atoms with Gasteiger partial charge in [0, 0.05) is 24.6 Å². The van der Waals surface area contributed by atoms with E-state index < -0.39 is 0 Å². The molecule has 0 aliphatic carbocycles. The predicted octanol–water partition coefficient (Wildman–Crippen LogP) is 2.05. The normalized spacial score (nSPS) is 15.2. The highest BCUT2D eigenvalue weighted by atomic mass is 32.1. The van der Waals surface area contributed by atoms with Gasteiger partial charge in [-0.3, -0.25) is 4.90 Å². The fraction of sp³-hybridized carbons (Fsp3) is 0.750. The quantitative estimate of drug-likeness (QED) is 0.813. The average molecular weight is 258 g/mol. The number of aliphatic hydroxyl groups excluding tert-OH is 1. The van der Waals surface area contributed by atoms with Gasteiger partial charge < -0.3 is 9.84 Å². The lowest BCUT2D eigenvalue weighted by Gasteiger charge is -2.21. The molecule has 5 heteroatoms. The molecule has 0 radical (unpaired) electrons. The molecule has 0 aromatic carbocycles. The molecule has 0 aliphatic heterocycles. The molecule has 1 aromatic rings. The van der Waals surface area contributed by atoms with Crippen molar-refractivity contribution in [1.82, 2.24) is 9.88 Å². The van der Waals surface area contributed by atoms with Gasteiger partial charge in [0.2, 0.25) is 0 Å². The first-order valence-electron chi connectivity index (χ1n) is 5.95. The molecule has 0 saturated heterocycles. The number of thiazole rings is 1. The van der Waals surface area contributed by atoms with Crippen LogP contribution in [0.3, 0.4) is 0 Å². The molecule has 1 aromatic heterocycles. The maximum Gasteiger partial charge on any atom is 0.122 e. The Kier molecular flexibility index (Phi) is 6.05. The van der Waals surface area contributed by atoms with Crippen molar-refractivity contribution >= 4 is 11.3 Å². The second kappa shape index (κ2) is 7.06. The molecule has 1 N–H and O–H groups in total. The Bertz CT molecular complexity index is 330. The van der Waals surface area contributed by atoms with Gasteiger partial charge in [-0.05, 0) is 27.8 Å². The maximum atomic E-state index is 9.07. The number of hydrogen-bond acceptors (Lipinski definition) is 5. The van der Waals surface area contributed by atoms with E-state index in [1.807, 2.05) is 27.8 Å². The number of rotatable bonds is 7. The fourth-order valence-corrected chi connectivity index (χ4v) is 2.27. The Morgan fingerprint density at radius 2 is 2.24 bits per heavy atom. The summed E-state index contributed by atoms with van der Waals surface area (Å²) in [6, 6.07) is 0.157. The van der Waals surface area contributed by atoms with Gasteiger partial charge in [-0.2, -0.15) is 0 Å². The summed E-state index contributed by atoms with van der Waals surface area (Å²) in [6.07, 6.45) is 0.0688. The molecule has 0 fully saturated rings. The largest absolute Gasteiger partial charge is 0.395 e. The minimum atomic E-state index is 0.0688. The van der Waals surface area contributed by atoms with Crippen LogP contribution in [0, 0.1) is 0 Å². The molecule has 2 atom stereocenters. The van der Waals surface area contributed by atoms with Gasteiger partial charge in [0.15, 0.2) is 0 Å². The molecule has 17 heavy (non-hydrogen) atoms. The fourth-order valence-electron chi connectivity index (χ4n) is 1.45. The molecule has 4 nitrogen and oxygen atoms in total. The summed E-state index contributed by atoms with van der Waals surface area (Å²) in [5.74, 6) is 0. The third-order valence-electron chi connectivity index (χ3n) is 2.76. The highest BCUT2D eigenvalue weighted by Crippen LogP contribution is 2.21. The van der Waals surface area contributed by atoms with Crippen LogP contribution in [-0.4, -0.2) is 41.3 Å². The van der Waals surface area contributed by atoms with Gasteiger partial charge in [-0.15, -0.1) is 11.3 Å². The Labute approximate surface area is 107 Å². The van der Waals surface area contributed by atoms with Crippen LogP contribution in [0.2, 0.25) is 0 Å². The highest BCUT2D eigenvalue weighted by molar-refractivity contribution is 7.09. The molecule has 0 bridgehead atoms. The minimum absolute atomic E-state index is 0.0688. The van der Waals surface area contributed by atoms with Crippen LogP contribution in [0.15, 0.2) is 5.38 Å². The van der Waals surface area contributed by atoms with Crippen molar-refractivity contribution in [2.75, 3.05) is 20.3 Å². The monoisotopic (exact) mass is 258 g/mol. The van der Waals surface area contributed by atoms with E-state index in [0.29, 0.717) is 6.61 Å². The van der Waals surface area contributed by atoms with E-state index in [1.54, 1.807) is 11.3 Å². The van der Waals surface area contributed by atoms with E-state index in [0.717, 1.165) is 17.2 Å². The summed E-state index contributed by atoms with van der Waals surface area (Å²) in [6.45, 7) is 7.64. The zero-order valence-corrected chi connectivity index (χ0v) is 11.8. The van der Waals surface area contributed by atoms with Crippen LogP contribution in [0.1, 0.15) is 37.6 Å². The summed E-state index contributed by atoms with van der Waals surface area (Å²) in [5.41, 5.74) is 1.04. The molecule has 0 saturated carbocycles. The number of nitrogens with zero attached hydrogens (tertiary/aromatic N) is 2. The van der Waals surface area contributed by atoms with Crippen molar-refractivity contribution in [2.24, 2.45) is 0 Å². The average Bonchev–Trinajstić information content (AvgIpc) is 2.76. The Morgan fingerprint density at radius 3 is 2.82 bits per heavy atom. The molecule has 0 spiro atoms. The molecule has 1 heterocycles. The Balaban J connectivity index is 2.56. The summed E-state index contributed by atoms with van der Waals surface area (Å²) < 4.78 is 5.51. The molecule has 0 aliphatic rings. The van der Waals surface area contributed by atoms with Crippen LogP contribution in [0.5, 0.6) is 0 Å². The second-order valence-corrected chi connectivity index (χ2v) is 5.11. The van der Waals surface area contributed by atoms with Gasteiger partial charge in [0.05, 0.1) is 12.3 Å². The lowest BCUT2D eigenvalue weighted by molar-refractivity contribution is 0.0759. The van der Waals surface area contributed by atoms with Crippen molar-refractivity contribution in [3.05, 3.63) is 16.1 Å². The first kappa shape index (κ1) is 14.6. The second-order valence-electron chi connectivity index (χ2n) is 4.22. The Morgan fingerprint density at radius 1 is 1.53 bits per heavy atom. The zero-order chi connectivity index (χ0) is 12.8. The van der Waals surface area contributed by atoms with E-state index in [-0.39, 0.29) is 18.8 Å². The number of hydrogen-bond donors (Lipinski definition) is 1. The molecular weight excluding hydrogens is 236 g/mol. The molecular formula is C12H22N2O2S. The van der Waals surface area contributed by atoms with Crippen LogP contribution in [0.4, 0.5) is 0 Å². The third-order valence-corrected chi connectivity index (χ3v) is 3.82. The lowest BCUT2D eigenvalue weighted by atomic mass is 10.3. The smallest absolute Gasteiger partial charge is 0.122 e. The number of likely N-dealkylation sites (N-methyl/N-ethyl adjacent to an activating group) is 1. The van der Waals surface area contributed by atoms with Crippen LogP contribution >= 0.6 is 11.3 Å². The van der Waals surface area contributed by atoms with E-state index in [1.165, 1.54) is 0 Å². The number of aliphatic hydroxyl groups is 1. The van der Waals surface area contributed by atoms with Crippen LogP contribution in [0.25, 0.3) is 0 Å². The maximum absolute atomic E-state index is 9.07. The topological polar surface area (TPSA) is 45.6 Å². The van der Waals surface area contributed by atoms with Crippen LogP contribution in [-0.2, 0) is 11.3 Å². The standard InChI is InChI=1S/C12H22N2O2S/c1-5-16-10(3)12-13-11(8-17-12)6-14(4)9(2)7-15/h8-10,15H,5-7H2,1-4H3. The SMILES string of the molecule is CCOC(C)c1nc(CN(C)C(C)CO)cs1. The van der Waals surface area contributed by atoms with E-state index in [9.17, 15) is 0 Å². The predicted molar refractivity (Wildman–Crippen MR) is 70.2 cm³/mol. The van der Waals surface area contributed by atoms with Gasteiger partial charge >= 0.3 is 0 Å². The van der Waals surface area contributed by atoms with Crippen molar-refractivity contribution < 1.29 is 9.84 Å². The van der Waals surface area contributed by atoms with Gasteiger partial charge in [0.1, 0.15) is 11.1 Å². The molecule has 2 unspecified atom stereocenters. The van der Waals surface area contributed by atoms with Crippen molar-refractivity contribution in [2.45, 2.75) is 39.5 Å². The minimum Gasteiger partial charge on any atom is -0.395 e. The first-order chi connectivity index (χ1) is 8.08. The summed E-state index contributed by atoms with van der Waals surface area (Å²) in [4.78, 5) is 6.64. The van der Waals surface area contributed by atoms with Crippen molar-refractivity contribution in [1.29, 1.82) is 0 Å². The highest BCUT2D eigenvalue weighted by Gasteiger charge is 2.13. The van der Waals surface area contributed by atoms with E-state index in [2.05, 4.69) is 15.3 Å². The van der Waals surface area contributed by atoms with Gasteiger partial charge in [-0.1, -0.05) is 0 Å². The summed E-state index contributed by atoms with van der Waals surface area (Å²) >= 11 is 1.63. The molecule has 1 rings (SSSR count). The summed E-state index contributed by atoms with van der Waals surface area (Å²) in [7, 11) is 1.99. The summed E-state index contributed by atoms with van der Waals surface area (Å²) in [5, 5.41) is 12.1. The van der Waals surface area contributed by atoms with E-state index >= 15 is 0 Å². The van der Waals surface area contributed by atoms with Gasteiger partial charge in [-0.25, -0.2) is 4.98 Å². The van der Waals surface area contributed by atoms with E-state index in [4.69, 9.17) is 9.84 Å². The van der Waals surface area contributed by atoms with Crippen molar-refractivity contribution in [3.63, 3.8) is 0 Å². The van der Waals surface area contributed by atoms with Gasteiger partial charge in [0.25, 0.3) is 0 Å². The van der Waals surface area contributed by atoms with Crippen molar-refractivity contribution in [3.8, 4) is 0 Å². The van der Waals surface area contributed by atoms with Crippen LogP contribution < -0.4 is 0 Å². The first-order valence-corrected chi connectivity index (χ1v) is 6.83. The molecule has 98 valence electrons. The zero-order valence-electron chi connectivity index (χ0n) is 11.0. The molecule has 0 amide bonds. The number of aromatic nitrogens is 1.